The van der Waals surface area contributed by atoms with Gasteiger partial charge in [-0.25, -0.2) is 4.57 Å². The Morgan fingerprint density at radius 2 is 0.979 bits per heavy atom. The van der Waals surface area contributed by atoms with Crippen molar-refractivity contribution in [3.8, 4) is 0 Å². The Kier molecular flexibility index (Phi) is 32.3. The maximum absolute atomic E-state index is 12.6. The van der Waals surface area contributed by atoms with Crippen molar-refractivity contribution in [2.24, 2.45) is 0 Å². The Labute approximate surface area is 291 Å². The summed E-state index contributed by atoms with van der Waals surface area (Å²) in [4.78, 5) is 22.7. The summed E-state index contributed by atoms with van der Waals surface area (Å²) in [6, 6.07) is 0. The van der Waals surface area contributed by atoms with Crippen LogP contribution in [0.4, 0.5) is 0 Å². The van der Waals surface area contributed by atoms with Gasteiger partial charge >= 0.3 is 13.8 Å². The van der Waals surface area contributed by atoms with Crippen LogP contribution in [-0.4, -0.2) is 75.6 Å². The third kappa shape index (κ3) is 36.6. The minimum Gasteiger partial charge on any atom is -0.457 e. The molecule has 1 N–H and O–H groups in total. The molecule has 0 aromatic rings. The molecule has 0 aliphatic carbocycles. The lowest BCUT2D eigenvalue weighted by Crippen LogP contribution is -2.37. The van der Waals surface area contributed by atoms with Crippen LogP contribution in [-0.2, 0) is 27.9 Å². The van der Waals surface area contributed by atoms with Gasteiger partial charge in [0.15, 0.2) is 0 Å². The number of likely N-dealkylation sites (N-methyl/N-ethyl adjacent to an activating group) is 1. The Morgan fingerprint density at radius 1 is 0.574 bits per heavy atom. The van der Waals surface area contributed by atoms with Crippen molar-refractivity contribution >= 4 is 13.8 Å². The molecule has 0 radical (unpaired) electrons. The molecule has 0 saturated carbocycles. The van der Waals surface area contributed by atoms with E-state index in [1.54, 1.807) is 0 Å². The maximum atomic E-state index is 12.6. The number of phosphoric ester groups is 1. The number of rotatable bonds is 37. The molecule has 0 heterocycles. The summed E-state index contributed by atoms with van der Waals surface area (Å²) >= 11 is 0. The fourth-order valence-corrected chi connectivity index (χ4v) is 6.29. The smallest absolute Gasteiger partial charge is 0.457 e. The van der Waals surface area contributed by atoms with E-state index >= 15 is 0 Å². The minimum absolute atomic E-state index is 0.0932. The number of ether oxygens (including phenoxy) is 2. The Balaban J connectivity index is 4.16. The van der Waals surface area contributed by atoms with Crippen molar-refractivity contribution in [2.45, 2.75) is 187 Å². The van der Waals surface area contributed by atoms with Crippen LogP contribution in [0.5, 0.6) is 0 Å². The number of hydrogen-bond acceptors (Lipinski definition) is 6. The lowest BCUT2D eigenvalue weighted by molar-refractivity contribution is -0.870. The highest BCUT2D eigenvalue weighted by Gasteiger charge is 2.26. The van der Waals surface area contributed by atoms with Gasteiger partial charge < -0.3 is 18.9 Å². The minimum atomic E-state index is -4.25. The predicted octanol–water partition coefficient (Wildman–Crippen LogP) is 10.9. The summed E-state index contributed by atoms with van der Waals surface area (Å²) in [6.07, 6.45) is 31.3. The topological polar surface area (TPSA) is 91.3 Å². The van der Waals surface area contributed by atoms with Crippen molar-refractivity contribution in [1.29, 1.82) is 0 Å². The van der Waals surface area contributed by atoms with Crippen LogP contribution in [0.15, 0.2) is 0 Å². The van der Waals surface area contributed by atoms with Gasteiger partial charge in [-0.3, -0.25) is 13.8 Å². The molecule has 2 atom stereocenters. The molecule has 2 unspecified atom stereocenters. The van der Waals surface area contributed by atoms with E-state index in [2.05, 4.69) is 13.8 Å². The van der Waals surface area contributed by atoms with E-state index in [1.807, 2.05) is 21.1 Å². The van der Waals surface area contributed by atoms with Gasteiger partial charge in [-0.15, -0.1) is 0 Å². The molecule has 0 fully saturated rings. The van der Waals surface area contributed by atoms with Crippen LogP contribution < -0.4 is 0 Å². The molecule has 0 bridgehead atoms. The van der Waals surface area contributed by atoms with E-state index in [0.29, 0.717) is 24.1 Å². The largest absolute Gasteiger partial charge is 0.472 e. The molecule has 0 aliphatic heterocycles. The predicted molar refractivity (Wildman–Crippen MR) is 197 cm³/mol. The first-order chi connectivity index (χ1) is 22.6. The summed E-state index contributed by atoms with van der Waals surface area (Å²) in [5, 5.41) is 0. The summed E-state index contributed by atoms with van der Waals surface area (Å²) in [6.45, 7) is 5.63. The molecule has 0 spiro atoms. The highest BCUT2D eigenvalue weighted by Crippen LogP contribution is 2.43. The molecule has 282 valence electrons. The normalized spacial score (nSPS) is 13.9. The van der Waals surface area contributed by atoms with Crippen molar-refractivity contribution in [3.05, 3.63) is 0 Å². The SMILES string of the molecule is CCCCCCCCCCCCCCCCCCCC(=O)OC(COCCCCCCCCCC)COP(=O)(O)OCC[N+](C)(C)C. The van der Waals surface area contributed by atoms with E-state index in [9.17, 15) is 14.3 Å². The fraction of sp³-hybridized carbons (Fsp3) is 0.974. The second kappa shape index (κ2) is 32.7. The van der Waals surface area contributed by atoms with Crippen LogP contribution in [0, 0.1) is 0 Å². The molecule has 8 nitrogen and oxygen atoms in total. The number of esters is 1. The average molecular weight is 693 g/mol. The van der Waals surface area contributed by atoms with Crippen LogP contribution in [0.25, 0.3) is 0 Å². The van der Waals surface area contributed by atoms with Crippen LogP contribution >= 0.6 is 7.82 Å². The molecule has 47 heavy (non-hydrogen) atoms. The van der Waals surface area contributed by atoms with Gasteiger partial charge in [-0.1, -0.05) is 162 Å². The van der Waals surface area contributed by atoms with Crippen molar-refractivity contribution in [1.82, 2.24) is 0 Å². The fourth-order valence-electron chi connectivity index (χ4n) is 5.55. The Morgan fingerprint density at radius 3 is 1.40 bits per heavy atom. The van der Waals surface area contributed by atoms with Gasteiger partial charge in [-0.2, -0.15) is 0 Å². The Hall–Kier alpha value is -0.500. The summed E-state index contributed by atoms with van der Waals surface area (Å²) < 4.78 is 34.8. The zero-order valence-electron chi connectivity index (χ0n) is 31.8. The number of quaternary nitrogens is 1. The molecule has 9 heteroatoms. The van der Waals surface area contributed by atoms with Crippen LogP contribution in [0.3, 0.4) is 0 Å². The van der Waals surface area contributed by atoms with E-state index < -0.39 is 13.9 Å². The summed E-state index contributed by atoms with van der Waals surface area (Å²) in [7, 11) is 1.68. The van der Waals surface area contributed by atoms with Gasteiger partial charge in [0.2, 0.25) is 0 Å². The summed E-state index contributed by atoms with van der Waals surface area (Å²) in [5.41, 5.74) is 0. The highest BCUT2D eigenvalue weighted by atomic mass is 31.2. The standard InChI is InChI=1S/C38H78NO7P/c1-6-8-10-12-14-16-17-18-19-20-21-22-23-24-25-27-29-31-38(40)46-37(35-43-33-30-28-26-15-13-11-9-7-2)36-45-47(41,42)44-34-32-39(3,4)5/h37H,6-36H2,1-5H3/p+1. The van der Waals surface area contributed by atoms with Gasteiger partial charge in [0.25, 0.3) is 0 Å². The third-order valence-electron chi connectivity index (χ3n) is 8.67. The molecular weight excluding hydrogens is 613 g/mol. The first-order valence-electron chi connectivity index (χ1n) is 19.8. The second-order valence-corrected chi connectivity index (χ2v) is 16.1. The molecular formula is C38H79NO7P+. The van der Waals surface area contributed by atoms with Gasteiger partial charge in [0.05, 0.1) is 34.4 Å². The number of hydrogen-bond donors (Lipinski definition) is 1. The zero-order valence-corrected chi connectivity index (χ0v) is 32.7. The van der Waals surface area contributed by atoms with E-state index in [0.717, 1.165) is 32.1 Å². The first kappa shape index (κ1) is 46.5. The van der Waals surface area contributed by atoms with Gasteiger partial charge in [0, 0.05) is 13.0 Å². The van der Waals surface area contributed by atoms with Crippen molar-refractivity contribution in [2.75, 3.05) is 54.1 Å². The lowest BCUT2D eigenvalue weighted by atomic mass is 10.0. The number of carbonyl (C=O) groups excluding carboxylic acids is 1. The lowest BCUT2D eigenvalue weighted by Gasteiger charge is -2.24. The third-order valence-corrected chi connectivity index (χ3v) is 9.65. The van der Waals surface area contributed by atoms with Gasteiger partial charge in [-0.05, 0) is 12.8 Å². The number of nitrogens with zero attached hydrogens (tertiary/aromatic N) is 1. The second-order valence-electron chi connectivity index (χ2n) is 14.7. The number of phosphoric acid groups is 1. The molecule has 0 aromatic carbocycles. The van der Waals surface area contributed by atoms with Crippen molar-refractivity contribution < 1.29 is 37.3 Å². The number of unbranched alkanes of at least 4 members (excludes halogenated alkanes) is 23. The first-order valence-corrected chi connectivity index (χ1v) is 21.3. The van der Waals surface area contributed by atoms with Crippen molar-refractivity contribution in [3.63, 3.8) is 0 Å². The molecule has 0 aliphatic rings. The van der Waals surface area contributed by atoms with Crippen LogP contribution in [0.2, 0.25) is 0 Å². The zero-order chi connectivity index (χ0) is 34.9. The van der Waals surface area contributed by atoms with Crippen LogP contribution in [0.1, 0.15) is 181 Å². The quantitative estimate of drug-likeness (QED) is 0.0300. The van der Waals surface area contributed by atoms with Gasteiger partial charge in [0.1, 0.15) is 19.3 Å². The molecule has 0 amide bonds. The number of carbonyl (C=O) groups is 1. The highest BCUT2D eigenvalue weighted by molar-refractivity contribution is 7.47. The van der Waals surface area contributed by atoms with E-state index in [1.165, 1.54) is 128 Å². The summed E-state index contributed by atoms with van der Waals surface area (Å²) in [5.74, 6) is -0.311. The molecule has 0 aromatic heterocycles. The Bertz CT molecular complexity index is 731. The van der Waals surface area contributed by atoms with E-state index in [-0.39, 0.29) is 25.8 Å². The average Bonchev–Trinajstić information content (AvgIpc) is 3.01. The maximum Gasteiger partial charge on any atom is 0.472 e. The molecule has 0 rings (SSSR count). The van der Waals surface area contributed by atoms with E-state index in [4.69, 9.17) is 18.5 Å². The molecule has 0 saturated heterocycles. The monoisotopic (exact) mass is 693 g/mol.